The molecule has 0 spiro atoms. The van der Waals surface area contributed by atoms with E-state index in [2.05, 4.69) is 10.6 Å². The molecule has 10 nitrogen and oxygen atoms in total. The third kappa shape index (κ3) is 7.77. The highest BCUT2D eigenvalue weighted by molar-refractivity contribution is 6.08. The molecule has 1 aliphatic rings. The van der Waals surface area contributed by atoms with E-state index >= 15 is 0 Å². The minimum atomic E-state index is -0.156. The van der Waals surface area contributed by atoms with Crippen LogP contribution in [0, 0.1) is 11.3 Å². The molecule has 0 radical (unpaired) electrons. The molecule has 0 aliphatic carbocycles. The number of aromatic nitrogens is 2. The van der Waals surface area contributed by atoms with Gasteiger partial charge in [0.05, 0.1) is 12.2 Å². The number of allylic oxidation sites excluding steroid dienone is 1. The van der Waals surface area contributed by atoms with E-state index in [0.717, 1.165) is 40.9 Å². The fourth-order valence-corrected chi connectivity index (χ4v) is 4.95. The summed E-state index contributed by atoms with van der Waals surface area (Å²) in [7, 11) is 0. The number of nitrogens with zero attached hydrogens (tertiary/aromatic N) is 3. The number of anilines is 2. The second-order valence-corrected chi connectivity index (χ2v) is 10.9. The maximum Gasteiger partial charge on any atom is 0.258 e. The van der Waals surface area contributed by atoms with Crippen LogP contribution in [0.4, 0.5) is 11.5 Å². The second kappa shape index (κ2) is 14.4. The molecule has 1 aromatic heterocycles. The first-order chi connectivity index (χ1) is 20.8. The Labute approximate surface area is 253 Å². The van der Waals surface area contributed by atoms with E-state index in [1.165, 1.54) is 12.4 Å². The molecule has 0 saturated carbocycles. The van der Waals surface area contributed by atoms with Gasteiger partial charge in [-0.05, 0) is 42.7 Å². The van der Waals surface area contributed by atoms with Gasteiger partial charge in [0.1, 0.15) is 11.6 Å². The van der Waals surface area contributed by atoms with Crippen LogP contribution < -0.4 is 21.1 Å². The lowest BCUT2D eigenvalue weighted by Crippen LogP contribution is -2.39. The van der Waals surface area contributed by atoms with E-state index in [1.54, 1.807) is 6.07 Å². The van der Waals surface area contributed by atoms with Gasteiger partial charge in [-0.15, -0.1) is 0 Å². The third-order valence-corrected chi connectivity index (χ3v) is 7.49. The van der Waals surface area contributed by atoms with Crippen molar-refractivity contribution >= 4 is 35.1 Å². The minimum absolute atomic E-state index is 0.0768. The Morgan fingerprint density at radius 3 is 2.51 bits per heavy atom. The number of carbonyl (C=O) groups is 2. The lowest BCUT2D eigenvalue weighted by Gasteiger charge is -2.31. The highest BCUT2D eigenvalue weighted by Crippen LogP contribution is 2.31. The molecule has 43 heavy (non-hydrogen) atoms. The average molecular weight is 584 g/mol. The maximum absolute atomic E-state index is 12.9. The van der Waals surface area contributed by atoms with Gasteiger partial charge in [-0.25, -0.2) is 9.97 Å². The number of carbonyl (C=O) groups excluding carboxylic acids is 2. The fourth-order valence-electron chi connectivity index (χ4n) is 4.95. The standard InChI is InChI=1S/C33H41N7O3/c1-5-25(6-2)36-30(41)20-43-27-9-7-8-23(16-27)31-38-29-14-15-40(33(42)21(3)4)19-28(29)32(39-31)37-26-12-10-22(11-13-26)24(17-34)18-35/h7-13,16-18,21,25,34H,5-6,14-15,19-20,35H2,1-4H3,(H,36,41)(H,37,38,39)/b24-18+,34-17?. The lowest BCUT2D eigenvalue weighted by atomic mass is 10.0. The molecule has 0 fully saturated rings. The molecule has 3 aromatic rings. The Morgan fingerprint density at radius 2 is 1.86 bits per heavy atom. The zero-order chi connectivity index (χ0) is 30.9. The smallest absolute Gasteiger partial charge is 0.258 e. The molecule has 0 saturated heterocycles. The van der Waals surface area contributed by atoms with Crippen LogP contribution in [0.25, 0.3) is 17.0 Å². The Bertz CT molecular complexity index is 1480. The summed E-state index contributed by atoms with van der Waals surface area (Å²) in [6, 6.07) is 15.1. The molecule has 5 N–H and O–H groups in total. The molecule has 0 bridgehead atoms. The predicted octanol–water partition coefficient (Wildman–Crippen LogP) is 5.06. The molecule has 0 unspecified atom stereocenters. The number of hydrogen-bond donors (Lipinski definition) is 4. The van der Waals surface area contributed by atoms with Crippen molar-refractivity contribution in [2.24, 2.45) is 11.7 Å². The molecular formula is C33H41N7O3. The van der Waals surface area contributed by atoms with Crippen LogP contribution in [0.3, 0.4) is 0 Å². The van der Waals surface area contributed by atoms with Crippen molar-refractivity contribution in [2.45, 2.75) is 59.5 Å². The number of hydrogen-bond acceptors (Lipinski definition) is 8. The van der Waals surface area contributed by atoms with E-state index < -0.39 is 0 Å². The van der Waals surface area contributed by atoms with Gasteiger partial charge >= 0.3 is 0 Å². The zero-order valence-electron chi connectivity index (χ0n) is 25.3. The number of rotatable bonds is 12. The third-order valence-electron chi connectivity index (χ3n) is 7.49. The second-order valence-electron chi connectivity index (χ2n) is 10.9. The summed E-state index contributed by atoms with van der Waals surface area (Å²) in [4.78, 5) is 36.9. The van der Waals surface area contributed by atoms with Crippen molar-refractivity contribution in [3.8, 4) is 17.1 Å². The van der Waals surface area contributed by atoms with Gasteiger partial charge in [-0.2, -0.15) is 0 Å². The highest BCUT2D eigenvalue weighted by Gasteiger charge is 2.27. The van der Waals surface area contributed by atoms with Gasteiger partial charge in [-0.3, -0.25) is 9.59 Å². The molecule has 226 valence electrons. The number of amides is 2. The maximum atomic E-state index is 12.9. The summed E-state index contributed by atoms with van der Waals surface area (Å²) in [6.45, 7) is 8.82. The van der Waals surface area contributed by atoms with E-state index in [9.17, 15) is 9.59 Å². The largest absolute Gasteiger partial charge is 0.484 e. The highest BCUT2D eigenvalue weighted by atomic mass is 16.5. The van der Waals surface area contributed by atoms with Crippen LogP contribution in [-0.4, -0.2) is 52.1 Å². The quantitative estimate of drug-likeness (QED) is 0.218. The van der Waals surface area contributed by atoms with Crippen LogP contribution in [0.5, 0.6) is 5.75 Å². The van der Waals surface area contributed by atoms with Gasteiger partial charge < -0.3 is 31.4 Å². The summed E-state index contributed by atoms with van der Waals surface area (Å²) in [5.74, 6) is 1.51. The summed E-state index contributed by atoms with van der Waals surface area (Å²) in [5, 5.41) is 14.0. The van der Waals surface area contributed by atoms with Crippen molar-refractivity contribution < 1.29 is 14.3 Å². The van der Waals surface area contributed by atoms with E-state index in [0.29, 0.717) is 42.5 Å². The van der Waals surface area contributed by atoms with Crippen LogP contribution in [-0.2, 0) is 22.6 Å². The van der Waals surface area contributed by atoms with Crippen molar-refractivity contribution in [2.75, 3.05) is 18.5 Å². The summed E-state index contributed by atoms with van der Waals surface area (Å²) >= 11 is 0. The molecule has 2 heterocycles. The van der Waals surface area contributed by atoms with Crippen molar-refractivity contribution in [1.82, 2.24) is 20.2 Å². The van der Waals surface area contributed by atoms with Crippen LogP contribution in [0.15, 0.2) is 54.7 Å². The van der Waals surface area contributed by atoms with Gasteiger partial charge in [0.25, 0.3) is 5.91 Å². The van der Waals surface area contributed by atoms with Gasteiger partial charge in [-0.1, -0.05) is 52.0 Å². The topological polar surface area (TPSA) is 146 Å². The Kier molecular flexibility index (Phi) is 10.5. The Balaban J connectivity index is 1.64. The lowest BCUT2D eigenvalue weighted by molar-refractivity contribution is -0.135. The van der Waals surface area contributed by atoms with Crippen molar-refractivity contribution in [1.29, 1.82) is 5.41 Å². The van der Waals surface area contributed by atoms with Crippen LogP contribution in [0.1, 0.15) is 57.4 Å². The molecular weight excluding hydrogens is 542 g/mol. The summed E-state index contributed by atoms with van der Waals surface area (Å²) < 4.78 is 5.81. The molecule has 0 atom stereocenters. The van der Waals surface area contributed by atoms with E-state index in [-0.39, 0.29) is 30.4 Å². The Morgan fingerprint density at radius 1 is 1.12 bits per heavy atom. The van der Waals surface area contributed by atoms with E-state index in [1.807, 2.05) is 75.1 Å². The van der Waals surface area contributed by atoms with Crippen LogP contribution >= 0.6 is 0 Å². The van der Waals surface area contributed by atoms with Crippen molar-refractivity contribution in [3.05, 3.63) is 71.6 Å². The number of nitrogens with one attached hydrogen (secondary N) is 3. The molecule has 2 aromatic carbocycles. The summed E-state index contributed by atoms with van der Waals surface area (Å²) in [5.41, 5.74) is 10.4. The predicted molar refractivity (Wildman–Crippen MR) is 170 cm³/mol. The first kappa shape index (κ1) is 31.2. The normalized spacial score (nSPS) is 13.1. The number of benzene rings is 2. The molecule has 4 rings (SSSR count). The van der Waals surface area contributed by atoms with Gasteiger partial charge in [0, 0.05) is 59.7 Å². The molecule has 2 amide bonds. The van der Waals surface area contributed by atoms with Crippen molar-refractivity contribution in [3.63, 3.8) is 0 Å². The van der Waals surface area contributed by atoms with Gasteiger partial charge in [0.2, 0.25) is 5.91 Å². The number of nitrogens with two attached hydrogens (primary N) is 1. The monoisotopic (exact) mass is 583 g/mol. The van der Waals surface area contributed by atoms with E-state index in [4.69, 9.17) is 25.8 Å². The summed E-state index contributed by atoms with van der Waals surface area (Å²) in [6.07, 6.45) is 4.96. The van der Waals surface area contributed by atoms with Gasteiger partial charge in [0.15, 0.2) is 12.4 Å². The number of ether oxygens (including phenoxy) is 1. The minimum Gasteiger partial charge on any atom is -0.484 e. The Hall–Kier alpha value is -4.73. The molecule has 10 heteroatoms. The first-order valence-electron chi connectivity index (χ1n) is 14.8. The SMILES string of the molecule is CCC(CC)NC(=O)COc1cccc(-c2nc3c(c(Nc4ccc(/C(C=N)=C/N)cc4)n2)CN(C(=O)C(C)C)CC3)c1. The average Bonchev–Trinajstić information content (AvgIpc) is 3.03. The first-order valence-corrected chi connectivity index (χ1v) is 14.8. The number of fused-ring (bicyclic) bond motifs is 1. The zero-order valence-corrected chi connectivity index (χ0v) is 25.3. The van der Waals surface area contributed by atoms with Crippen LogP contribution in [0.2, 0.25) is 0 Å². The fraction of sp³-hybridized carbons (Fsp3) is 0.364. The molecule has 1 aliphatic heterocycles.